The van der Waals surface area contributed by atoms with Gasteiger partial charge in [-0.15, -0.1) is 0 Å². The van der Waals surface area contributed by atoms with Gasteiger partial charge in [0.05, 0.1) is 12.1 Å². The summed E-state index contributed by atoms with van der Waals surface area (Å²) < 4.78 is 6.24. The molecule has 19 heavy (non-hydrogen) atoms. The lowest BCUT2D eigenvalue weighted by molar-refractivity contribution is -0.137. The second kappa shape index (κ2) is 5.52. The van der Waals surface area contributed by atoms with Crippen molar-refractivity contribution in [1.82, 2.24) is 4.57 Å². The first-order valence-corrected chi connectivity index (χ1v) is 6.09. The Morgan fingerprint density at radius 3 is 2.84 bits per heavy atom. The highest BCUT2D eigenvalue weighted by molar-refractivity contribution is 5.88. The maximum atomic E-state index is 12.0. The van der Waals surface area contributed by atoms with Crippen LogP contribution in [0.3, 0.4) is 0 Å². The molecule has 0 radical (unpaired) electrons. The first-order valence-electron chi connectivity index (χ1n) is 6.09. The number of aryl methyl sites for hydroxylation is 1. The predicted molar refractivity (Wildman–Crippen MR) is 74.9 cm³/mol. The van der Waals surface area contributed by atoms with Crippen molar-refractivity contribution in [1.29, 1.82) is 0 Å². The van der Waals surface area contributed by atoms with E-state index in [4.69, 9.17) is 4.74 Å². The maximum Gasteiger partial charge on any atom is 0.332 e. The summed E-state index contributed by atoms with van der Waals surface area (Å²) in [5, 5.41) is 0.982. The first-order chi connectivity index (χ1) is 9.13. The summed E-state index contributed by atoms with van der Waals surface area (Å²) in [5.74, 6) is -0.459. The van der Waals surface area contributed by atoms with Gasteiger partial charge in [0, 0.05) is 23.7 Å². The predicted octanol–water partition coefficient (Wildman–Crippen LogP) is 2.34. The van der Waals surface area contributed by atoms with Gasteiger partial charge in [-0.1, -0.05) is 18.2 Å². The van der Waals surface area contributed by atoms with Crippen molar-refractivity contribution in [3.63, 3.8) is 0 Å². The highest BCUT2D eigenvalue weighted by Crippen LogP contribution is 2.15. The number of esters is 1. The zero-order valence-corrected chi connectivity index (χ0v) is 10.9. The summed E-state index contributed by atoms with van der Waals surface area (Å²) in [6.07, 6.45) is 2.70. The molecule has 4 heteroatoms. The fourth-order valence-electron chi connectivity index (χ4n) is 1.95. The Morgan fingerprint density at radius 2 is 2.11 bits per heavy atom. The third-order valence-electron chi connectivity index (χ3n) is 2.81. The number of carbonyl (C=O) groups is 1. The molecule has 0 aliphatic carbocycles. The molecule has 1 aromatic carbocycles. The Morgan fingerprint density at radius 1 is 1.37 bits per heavy atom. The highest BCUT2D eigenvalue weighted by Gasteiger charge is 2.04. The van der Waals surface area contributed by atoms with Crippen molar-refractivity contribution in [3.05, 3.63) is 52.3 Å². The Kier molecular flexibility index (Phi) is 3.80. The van der Waals surface area contributed by atoms with Gasteiger partial charge in [-0.2, -0.15) is 0 Å². The van der Waals surface area contributed by atoms with Gasteiger partial charge in [-0.05, 0) is 25.5 Å². The number of hydrogen-bond donors (Lipinski definition) is 0. The number of hydrogen-bond acceptors (Lipinski definition) is 3. The van der Waals surface area contributed by atoms with Crippen LogP contribution < -0.4 is 5.56 Å². The van der Waals surface area contributed by atoms with E-state index in [2.05, 4.69) is 0 Å². The number of carbonyl (C=O) groups excluding carboxylic acids is 1. The molecule has 0 spiro atoms. The molecule has 0 saturated heterocycles. The molecule has 0 N–H and O–H groups in total. The van der Waals surface area contributed by atoms with E-state index in [0.29, 0.717) is 6.61 Å². The molecule has 1 heterocycles. The smallest absolute Gasteiger partial charge is 0.332 e. The number of ether oxygens (including phenoxy) is 1. The minimum absolute atomic E-state index is 0.170. The average molecular weight is 257 g/mol. The standard InChI is InChI=1S/C15H15NO3/c1-3-19-15(18)8-9-16-13-7-5-4-6-12(13)11(2)10-14(16)17/h4-10H,3H2,1-2H3. The number of aromatic nitrogens is 1. The van der Waals surface area contributed by atoms with Gasteiger partial charge in [0.2, 0.25) is 0 Å². The van der Waals surface area contributed by atoms with Crippen molar-refractivity contribution >= 4 is 23.1 Å². The second-order valence-corrected chi connectivity index (χ2v) is 4.12. The lowest BCUT2D eigenvalue weighted by Gasteiger charge is -2.07. The van der Waals surface area contributed by atoms with Crippen molar-refractivity contribution < 1.29 is 9.53 Å². The average Bonchev–Trinajstić information content (AvgIpc) is 2.39. The number of para-hydroxylation sites is 1. The minimum Gasteiger partial charge on any atom is -0.463 e. The topological polar surface area (TPSA) is 48.3 Å². The number of pyridine rings is 1. The Balaban J connectivity index is 2.54. The largest absolute Gasteiger partial charge is 0.463 e. The summed E-state index contributed by atoms with van der Waals surface area (Å²) in [7, 11) is 0. The third kappa shape index (κ3) is 2.73. The Bertz CT molecular complexity index is 698. The number of fused-ring (bicyclic) bond motifs is 1. The molecule has 0 aliphatic rings. The summed E-state index contributed by atoms with van der Waals surface area (Å²) in [4.78, 5) is 23.3. The van der Waals surface area contributed by atoms with E-state index >= 15 is 0 Å². The lowest BCUT2D eigenvalue weighted by atomic mass is 10.1. The van der Waals surface area contributed by atoms with Crippen LogP contribution in [0.25, 0.3) is 17.1 Å². The van der Waals surface area contributed by atoms with E-state index in [1.165, 1.54) is 16.8 Å². The zero-order chi connectivity index (χ0) is 13.8. The molecule has 2 aromatic rings. The van der Waals surface area contributed by atoms with Gasteiger partial charge < -0.3 is 4.74 Å². The van der Waals surface area contributed by atoms with Gasteiger partial charge in [-0.3, -0.25) is 9.36 Å². The van der Waals surface area contributed by atoms with Crippen LogP contribution in [0, 0.1) is 6.92 Å². The number of nitrogens with zero attached hydrogens (tertiary/aromatic N) is 1. The highest BCUT2D eigenvalue weighted by atomic mass is 16.5. The van der Waals surface area contributed by atoms with Crippen LogP contribution >= 0.6 is 0 Å². The molecule has 0 atom stereocenters. The van der Waals surface area contributed by atoms with E-state index in [-0.39, 0.29) is 5.56 Å². The Labute approximate surface area is 110 Å². The zero-order valence-electron chi connectivity index (χ0n) is 10.9. The number of benzene rings is 1. The van der Waals surface area contributed by atoms with E-state index in [9.17, 15) is 9.59 Å². The van der Waals surface area contributed by atoms with Crippen molar-refractivity contribution in [2.75, 3.05) is 6.61 Å². The molecule has 1 aromatic heterocycles. The summed E-state index contributed by atoms with van der Waals surface area (Å²) in [6.45, 7) is 3.94. The third-order valence-corrected chi connectivity index (χ3v) is 2.81. The summed E-state index contributed by atoms with van der Waals surface area (Å²) in [5.41, 5.74) is 1.52. The molecular formula is C15H15NO3. The molecule has 0 bridgehead atoms. The molecule has 0 aliphatic heterocycles. The molecule has 4 nitrogen and oxygen atoms in total. The van der Waals surface area contributed by atoms with Crippen LogP contribution in [-0.2, 0) is 9.53 Å². The SMILES string of the molecule is CCOC(=O)C=Cn1c(=O)cc(C)c2ccccc21. The van der Waals surface area contributed by atoms with Crippen molar-refractivity contribution in [2.24, 2.45) is 0 Å². The van der Waals surface area contributed by atoms with E-state index in [1.807, 2.05) is 31.2 Å². The summed E-state index contributed by atoms with van der Waals surface area (Å²) in [6, 6.07) is 9.12. The van der Waals surface area contributed by atoms with E-state index in [1.54, 1.807) is 13.0 Å². The fourth-order valence-corrected chi connectivity index (χ4v) is 1.95. The molecule has 0 amide bonds. The quantitative estimate of drug-likeness (QED) is 0.626. The minimum atomic E-state index is -0.459. The Hall–Kier alpha value is -2.36. The fraction of sp³-hybridized carbons (Fsp3) is 0.200. The van der Waals surface area contributed by atoms with Crippen LogP contribution in [0.2, 0.25) is 0 Å². The lowest BCUT2D eigenvalue weighted by Crippen LogP contribution is -2.16. The molecule has 0 saturated carbocycles. The molecular weight excluding hydrogens is 242 g/mol. The van der Waals surface area contributed by atoms with Gasteiger partial charge in [0.25, 0.3) is 5.56 Å². The van der Waals surface area contributed by atoms with E-state index in [0.717, 1.165) is 16.5 Å². The van der Waals surface area contributed by atoms with Gasteiger partial charge in [0.1, 0.15) is 0 Å². The van der Waals surface area contributed by atoms with Gasteiger partial charge >= 0.3 is 5.97 Å². The molecule has 98 valence electrons. The van der Waals surface area contributed by atoms with Crippen LogP contribution in [0.5, 0.6) is 0 Å². The summed E-state index contributed by atoms with van der Waals surface area (Å²) >= 11 is 0. The van der Waals surface area contributed by atoms with Crippen LogP contribution in [0.15, 0.2) is 41.2 Å². The van der Waals surface area contributed by atoms with Crippen LogP contribution in [-0.4, -0.2) is 17.1 Å². The second-order valence-electron chi connectivity index (χ2n) is 4.12. The van der Waals surface area contributed by atoms with E-state index < -0.39 is 5.97 Å². The van der Waals surface area contributed by atoms with Crippen LogP contribution in [0.1, 0.15) is 12.5 Å². The normalized spacial score (nSPS) is 11.1. The monoisotopic (exact) mass is 257 g/mol. The molecule has 0 unspecified atom stereocenters. The van der Waals surface area contributed by atoms with Crippen molar-refractivity contribution in [3.8, 4) is 0 Å². The molecule has 0 fully saturated rings. The maximum absolute atomic E-state index is 12.0. The van der Waals surface area contributed by atoms with Gasteiger partial charge in [-0.25, -0.2) is 4.79 Å². The van der Waals surface area contributed by atoms with Gasteiger partial charge in [0.15, 0.2) is 0 Å². The van der Waals surface area contributed by atoms with Crippen LogP contribution in [0.4, 0.5) is 0 Å². The molecule has 2 rings (SSSR count). The first kappa shape index (κ1) is 13.1. The number of rotatable bonds is 3. The van der Waals surface area contributed by atoms with Crippen molar-refractivity contribution in [2.45, 2.75) is 13.8 Å².